The van der Waals surface area contributed by atoms with E-state index >= 15 is 0 Å². The molecule has 102 valence electrons. The van der Waals surface area contributed by atoms with Gasteiger partial charge in [0.15, 0.2) is 0 Å². The highest BCUT2D eigenvalue weighted by molar-refractivity contribution is 6.31. The quantitative estimate of drug-likeness (QED) is 0.788. The van der Waals surface area contributed by atoms with E-state index in [4.69, 9.17) is 11.6 Å². The monoisotopic (exact) mass is 285 g/mol. The average Bonchev–Trinajstić information content (AvgIpc) is 2.29. The Morgan fingerprint density at radius 1 is 1.28 bits per heavy atom. The van der Waals surface area contributed by atoms with Gasteiger partial charge in [0, 0.05) is 17.1 Å². The molecule has 1 aromatic rings. The van der Waals surface area contributed by atoms with Crippen molar-refractivity contribution in [2.45, 2.75) is 18.5 Å². The Bertz CT molecular complexity index is 389. The SMILES string of the molecule is OC(CNCC(F)(F)C(F)F)c1ccccc1Cl. The third kappa shape index (κ3) is 4.12. The zero-order valence-corrected chi connectivity index (χ0v) is 9.97. The van der Waals surface area contributed by atoms with Crippen LogP contribution in [0.2, 0.25) is 5.02 Å². The molecule has 0 fully saturated rings. The second kappa shape index (κ2) is 6.36. The van der Waals surface area contributed by atoms with Crippen LogP contribution < -0.4 is 5.32 Å². The van der Waals surface area contributed by atoms with Crippen molar-refractivity contribution in [2.75, 3.05) is 13.1 Å². The van der Waals surface area contributed by atoms with Crippen LogP contribution in [0.1, 0.15) is 11.7 Å². The van der Waals surface area contributed by atoms with Gasteiger partial charge in [-0.25, -0.2) is 8.78 Å². The van der Waals surface area contributed by atoms with E-state index in [0.29, 0.717) is 5.56 Å². The zero-order chi connectivity index (χ0) is 13.8. The topological polar surface area (TPSA) is 32.3 Å². The molecule has 0 radical (unpaired) electrons. The van der Waals surface area contributed by atoms with Crippen LogP contribution in [0.3, 0.4) is 0 Å². The highest BCUT2D eigenvalue weighted by Gasteiger charge is 2.40. The van der Waals surface area contributed by atoms with Gasteiger partial charge in [0.1, 0.15) is 0 Å². The summed E-state index contributed by atoms with van der Waals surface area (Å²) in [5.41, 5.74) is 0.354. The average molecular weight is 286 g/mol. The van der Waals surface area contributed by atoms with Gasteiger partial charge >= 0.3 is 12.3 Å². The number of aliphatic hydroxyl groups excluding tert-OH is 1. The van der Waals surface area contributed by atoms with E-state index < -0.39 is 25.0 Å². The smallest absolute Gasteiger partial charge is 0.319 e. The molecular formula is C11H12ClF4NO. The summed E-state index contributed by atoms with van der Waals surface area (Å²) in [6.45, 7) is -1.49. The van der Waals surface area contributed by atoms with E-state index in [1.807, 2.05) is 0 Å². The molecule has 2 nitrogen and oxygen atoms in total. The number of hydrogen-bond acceptors (Lipinski definition) is 2. The number of alkyl halides is 4. The first-order chi connectivity index (χ1) is 8.34. The van der Waals surface area contributed by atoms with Gasteiger partial charge in [0.25, 0.3) is 0 Å². The maximum Gasteiger partial charge on any atom is 0.319 e. The minimum absolute atomic E-state index is 0.285. The lowest BCUT2D eigenvalue weighted by molar-refractivity contribution is -0.125. The number of halogens is 5. The van der Waals surface area contributed by atoms with E-state index in [-0.39, 0.29) is 11.6 Å². The molecule has 0 aromatic heterocycles. The lowest BCUT2D eigenvalue weighted by atomic mass is 10.1. The molecule has 0 aliphatic heterocycles. The van der Waals surface area contributed by atoms with E-state index in [0.717, 1.165) is 0 Å². The lowest BCUT2D eigenvalue weighted by Crippen LogP contribution is -2.40. The Labute approximate surface area is 107 Å². The molecule has 1 unspecified atom stereocenters. The second-order valence-electron chi connectivity index (χ2n) is 3.73. The normalized spacial score (nSPS) is 13.9. The molecule has 0 spiro atoms. The zero-order valence-electron chi connectivity index (χ0n) is 9.22. The van der Waals surface area contributed by atoms with E-state index in [2.05, 4.69) is 5.32 Å². The van der Waals surface area contributed by atoms with Crippen LogP contribution in [0.5, 0.6) is 0 Å². The predicted molar refractivity (Wildman–Crippen MR) is 60.2 cm³/mol. The molecule has 0 aliphatic rings. The highest BCUT2D eigenvalue weighted by atomic mass is 35.5. The molecule has 18 heavy (non-hydrogen) atoms. The van der Waals surface area contributed by atoms with Gasteiger partial charge in [-0.15, -0.1) is 0 Å². The first-order valence-electron chi connectivity index (χ1n) is 5.14. The maximum absolute atomic E-state index is 12.6. The van der Waals surface area contributed by atoms with Crippen molar-refractivity contribution < 1.29 is 22.7 Å². The van der Waals surface area contributed by atoms with Crippen LogP contribution >= 0.6 is 11.6 Å². The van der Waals surface area contributed by atoms with Crippen molar-refractivity contribution in [3.8, 4) is 0 Å². The maximum atomic E-state index is 12.6. The van der Waals surface area contributed by atoms with E-state index in [9.17, 15) is 22.7 Å². The molecule has 0 aliphatic carbocycles. The van der Waals surface area contributed by atoms with Crippen molar-refractivity contribution >= 4 is 11.6 Å². The van der Waals surface area contributed by atoms with Crippen LogP contribution in [0.15, 0.2) is 24.3 Å². The molecule has 7 heteroatoms. The summed E-state index contributed by atoms with van der Waals surface area (Å²) in [7, 11) is 0. The third-order valence-corrected chi connectivity index (χ3v) is 2.63. The standard InChI is InChI=1S/C11H12ClF4NO/c12-8-4-2-1-3-7(8)9(18)5-17-6-11(15,16)10(13)14/h1-4,9-10,17-18H,5-6H2. The summed E-state index contributed by atoms with van der Waals surface area (Å²) in [6, 6.07) is 6.34. The Morgan fingerprint density at radius 3 is 2.44 bits per heavy atom. The van der Waals surface area contributed by atoms with Gasteiger partial charge in [-0.2, -0.15) is 8.78 Å². The Hall–Kier alpha value is -0.850. The molecular weight excluding hydrogens is 274 g/mol. The first kappa shape index (κ1) is 15.2. The van der Waals surface area contributed by atoms with Crippen molar-refractivity contribution in [2.24, 2.45) is 0 Å². The molecule has 2 N–H and O–H groups in total. The van der Waals surface area contributed by atoms with Crippen molar-refractivity contribution in [1.82, 2.24) is 5.32 Å². The molecule has 0 saturated carbocycles. The molecule has 1 aromatic carbocycles. The van der Waals surface area contributed by atoms with Crippen LogP contribution in [-0.2, 0) is 0 Å². The van der Waals surface area contributed by atoms with Crippen LogP contribution in [-0.4, -0.2) is 30.5 Å². The molecule has 0 saturated heterocycles. The number of aliphatic hydroxyl groups is 1. The largest absolute Gasteiger partial charge is 0.387 e. The van der Waals surface area contributed by atoms with E-state index in [1.54, 1.807) is 12.1 Å². The second-order valence-corrected chi connectivity index (χ2v) is 4.14. The van der Waals surface area contributed by atoms with Gasteiger partial charge in [-0.05, 0) is 6.07 Å². The number of rotatable bonds is 6. The molecule has 0 bridgehead atoms. The minimum Gasteiger partial charge on any atom is -0.387 e. The number of hydrogen-bond donors (Lipinski definition) is 2. The van der Waals surface area contributed by atoms with Crippen LogP contribution in [0.4, 0.5) is 17.6 Å². The predicted octanol–water partition coefficient (Wildman–Crippen LogP) is 2.86. The summed E-state index contributed by atoms with van der Waals surface area (Å²) in [4.78, 5) is 0. The number of nitrogens with one attached hydrogen (secondary N) is 1. The minimum atomic E-state index is -4.11. The number of benzene rings is 1. The van der Waals surface area contributed by atoms with Crippen molar-refractivity contribution in [3.63, 3.8) is 0 Å². The first-order valence-corrected chi connectivity index (χ1v) is 5.51. The summed E-state index contributed by atoms with van der Waals surface area (Å²) < 4.78 is 48.8. The van der Waals surface area contributed by atoms with Gasteiger partial charge in [-0.1, -0.05) is 29.8 Å². The lowest BCUT2D eigenvalue weighted by Gasteiger charge is -2.18. The molecule has 0 heterocycles. The fourth-order valence-corrected chi connectivity index (χ4v) is 1.57. The Morgan fingerprint density at radius 2 is 1.89 bits per heavy atom. The molecule has 1 rings (SSSR count). The summed E-state index contributed by atoms with van der Waals surface area (Å²) in [6.07, 6.45) is -4.87. The van der Waals surface area contributed by atoms with Crippen LogP contribution in [0.25, 0.3) is 0 Å². The molecule has 0 amide bonds. The Balaban J connectivity index is 2.48. The van der Waals surface area contributed by atoms with Crippen molar-refractivity contribution in [3.05, 3.63) is 34.9 Å². The molecule has 1 atom stereocenters. The van der Waals surface area contributed by atoms with Gasteiger partial charge in [0.2, 0.25) is 0 Å². The van der Waals surface area contributed by atoms with Gasteiger partial charge < -0.3 is 10.4 Å². The van der Waals surface area contributed by atoms with E-state index in [1.165, 1.54) is 12.1 Å². The third-order valence-electron chi connectivity index (χ3n) is 2.28. The van der Waals surface area contributed by atoms with Crippen molar-refractivity contribution in [1.29, 1.82) is 0 Å². The summed E-state index contributed by atoms with van der Waals surface area (Å²) in [5, 5.41) is 12.0. The summed E-state index contributed by atoms with van der Waals surface area (Å²) in [5.74, 6) is -4.11. The fourth-order valence-electron chi connectivity index (χ4n) is 1.31. The van der Waals surface area contributed by atoms with Gasteiger partial charge in [-0.3, -0.25) is 0 Å². The van der Waals surface area contributed by atoms with Gasteiger partial charge in [0.05, 0.1) is 12.6 Å². The summed E-state index contributed by atoms with van der Waals surface area (Å²) >= 11 is 5.78. The highest BCUT2D eigenvalue weighted by Crippen LogP contribution is 2.23. The Kier molecular flexibility index (Phi) is 5.37. The fraction of sp³-hybridized carbons (Fsp3) is 0.455. The van der Waals surface area contributed by atoms with Crippen LogP contribution in [0, 0.1) is 0 Å².